The number of carbonyl (C=O) groups is 1. The highest BCUT2D eigenvalue weighted by atomic mass is 35.5. The monoisotopic (exact) mass is 366 g/mol. The number of nitrogens with one attached hydrogen (secondary N) is 1. The Balaban J connectivity index is 0.00000208. The highest BCUT2D eigenvalue weighted by molar-refractivity contribution is 6.30. The van der Waals surface area contributed by atoms with Crippen molar-refractivity contribution in [1.82, 2.24) is 5.32 Å². The molecule has 4 nitrogen and oxygen atoms in total. The van der Waals surface area contributed by atoms with Crippen LogP contribution in [0.4, 0.5) is 5.69 Å². The fourth-order valence-electron chi connectivity index (χ4n) is 2.61. The first kappa shape index (κ1) is 18.7. The maximum absolute atomic E-state index is 12.1. The quantitative estimate of drug-likeness (QED) is 0.882. The number of amides is 1. The van der Waals surface area contributed by atoms with Crippen molar-refractivity contribution in [1.29, 1.82) is 0 Å². The summed E-state index contributed by atoms with van der Waals surface area (Å²) in [5.74, 6) is 0.0478. The van der Waals surface area contributed by atoms with Crippen LogP contribution in [0, 0.1) is 0 Å². The number of rotatable bonds is 5. The molecule has 0 saturated carbocycles. The Kier molecular flexibility index (Phi) is 7.06. The number of carbonyl (C=O) groups excluding carboxylic acids is 1. The molecule has 0 unspecified atom stereocenters. The van der Waals surface area contributed by atoms with Crippen LogP contribution in [0.25, 0.3) is 0 Å². The van der Waals surface area contributed by atoms with Gasteiger partial charge in [0, 0.05) is 23.3 Å². The van der Waals surface area contributed by atoms with Crippen molar-refractivity contribution in [2.45, 2.75) is 12.6 Å². The van der Waals surface area contributed by atoms with E-state index in [1.54, 1.807) is 11.0 Å². The van der Waals surface area contributed by atoms with Crippen LogP contribution in [0.15, 0.2) is 54.6 Å². The van der Waals surface area contributed by atoms with Crippen molar-refractivity contribution in [3.63, 3.8) is 0 Å². The number of nitrogens with zero attached hydrogens (tertiary/aromatic N) is 1. The zero-order valence-corrected chi connectivity index (χ0v) is 14.7. The lowest BCUT2D eigenvalue weighted by atomic mass is 10.2. The Bertz CT molecular complexity index is 667. The third kappa shape index (κ3) is 4.95. The minimum absolute atomic E-state index is 0. The Morgan fingerprint density at radius 2 is 1.96 bits per heavy atom. The molecule has 0 bridgehead atoms. The molecule has 1 saturated heterocycles. The summed E-state index contributed by atoms with van der Waals surface area (Å²) in [4.78, 5) is 13.9. The third-order valence-electron chi connectivity index (χ3n) is 3.80. The number of piperazine rings is 1. The van der Waals surface area contributed by atoms with Crippen LogP contribution in [-0.2, 0) is 16.1 Å². The second kappa shape index (κ2) is 9.04. The van der Waals surface area contributed by atoms with Gasteiger partial charge in [0.25, 0.3) is 0 Å². The lowest BCUT2D eigenvalue weighted by molar-refractivity contribution is -0.119. The Morgan fingerprint density at radius 3 is 2.71 bits per heavy atom. The summed E-state index contributed by atoms with van der Waals surface area (Å²) in [6.07, 6.45) is 0. The zero-order valence-electron chi connectivity index (χ0n) is 13.2. The van der Waals surface area contributed by atoms with Crippen molar-refractivity contribution >= 4 is 35.6 Å². The summed E-state index contributed by atoms with van der Waals surface area (Å²) in [5.41, 5.74) is 1.98. The standard InChI is InChI=1S/C18H19ClN2O2.ClH/c19-15-7-4-8-17(9-15)21-11-16(20-10-18(21)22)13-23-12-14-5-2-1-3-6-14;/h1-9,16,20H,10-13H2;1H/t16-;/m1./s1. The first-order chi connectivity index (χ1) is 11.2. The minimum atomic E-state index is 0. The highest BCUT2D eigenvalue weighted by Gasteiger charge is 2.26. The van der Waals surface area contributed by atoms with Crippen molar-refractivity contribution in [3.05, 3.63) is 65.2 Å². The molecule has 1 aliphatic rings. The fraction of sp³-hybridized carbons (Fsp3) is 0.278. The molecule has 6 heteroatoms. The summed E-state index contributed by atoms with van der Waals surface area (Å²) in [7, 11) is 0. The van der Waals surface area contributed by atoms with E-state index < -0.39 is 0 Å². The van der Waals surface area contributed by atoms with E-state index in [0.29, 0.717) is 31.3 Å². The molecule has 1 amide bonds. The van der Waals surface area contributed by atoms with Crippen molar-refractivity contribution in [3.8, 4) is 0 Å². The summed E-state index contributed by atoms with van der Waals surface area (Å²) in [6, 6.07) is 17.5. The molecular formula is C18H20Cl2N2O2. The second-order valence-electron chi connectivity index (χ2n) is 5.56. The Morgan fingerprint density at radius 1 is 1.17 bits per heavy atom. The number of benzene rings is 2. The molecule has 128 valence electrons. The molecule has 3 rings (SSSR count). The first-order valence-corrected chi connectivity index (χ1v) is 8.01. The maximum atomic E-state index is 12.1. The van der Waals surface area contributed by atoms with Gasteiger partial charge in [0.15, 0.2) is 0 Å². The molecule has 1 heterocycles. The lowest BCUT2D eigenvalue weighted by Gasteiger charge is -2.33. The second-order valence-corrected chi connectivity index (χ2v) is 6.00. The van der Waals surface area contributed by atoms with E-state index in [1.807, 2.05) is 48.5 Å². The van der Waals surface area contributed by atoms with Crippen molar-refractivity contribution < 1.29 is 9.53 Å². The van der Waals surface area contributed by atoms with Gasteiger partial charge in [-0.15, -0.1) is 12.4 Å². The van der Waals surface area contributed by atoms with Gasteiger partial charge >= 0.3 is 0 Å². The van der Waals surface area contributed by atoms with Crippen LogP contribution in [-0.4, -0.2) is 31.6 Å². The van der Waals surface area contributed by atoms with Crippen molar-refractivity contribution in [2.24, 2.45) is 0 Å². The van der Waals surface area contributed by atoms with Crippen LogP contribution in [0.3, 0.4) is 0 Å². The van der Waals surface area contributed by atoms with E-state index in [4.69, 9.17) is 16.3 Å². The number of hydrogen-bond acceptors (Lipinski definition) is 3. The molecule has 1 aliphatic heterocycles. The van der Waals surface area contributed by atoms with Crippen LogP contribution >= 0.6 is 24.0 Å². The predicted molar refractivity (Wildman–Crippen MR) is 98.9 cm³/mol. The molecular weight excluding hydrogens is 347 g/mol. The Hall–Kier alpha value is -1.59. The number of ether oxygens (including phenoxy) is 1. The number of hydrogen-bond donors (Lipinski definition) is 1. The molecule has 1 atom stereocenters. The summed E-state index contributed by atoms with van der Waals surface area (Å²) < 4.78 is 5.78. The van der Waals surface area contributed by atoms with Gasteiger partial charge < -0.3 is 15.0 Å². The van der Waals surface area contributed by atoms with E-state index in [1.165, 1.54) is 0 Å². The van der Waals surface area contributed by atoms with Gasteiger partial charge in [-0.2, -0.15) is 0 Å². The molecule has 0 aliphatic carbocycles. The maximum Gasteiger partial charge on any atom is 0.241 e. The topological polar surface area (TPSA) is 41.6 Å². The van der Waals surface area contributed by atoms with Crippen LogP contribution in [0.1, 0.15) is 5.56 Å². The smallest absolute Gasteiger partial charge is 0.241 e. The van der Waals surface area contributed by atoms with Crippen molar-refractivity contribution in [2.75, 3.05) is 24.6 Å². The van der Waals surface area contributed by atoms with E-state index >= 15 is 0 Å². The molecule has 2 aromatic rings. The molecule has 0 spiro atoms. The SMILES string of the molecule is Cl.O=C1CN[C@@H](COCc2ccccc2)CN1c1cccc(Cl)c1. The molecule has 24 heavy (non-hydrogen) atoms. The Labute approximate surface area is 153 Å². The molecule has 2 aromatic carbocycles. The summed E-state index contributed by atoms with van der Waals surface area (Å²) in [6.45, 7) is 2.02. The van der Waals surface area contributed by atoms with Crippen LogP contribution in [0.2, 0.25) is 5.02 Å². The van der Waals surface area contributed by atoms with Gasteiger partial charge in [-0.3, -0.25) is 4.79 Å². The van der Waals surface area contributed by atoms with Crippen LogP contribution < -0.4 is 10.2 Å². The first-order valence-electron chi connectivity index (χ1n) is 7.63. The fourth-order valence-corrected chi connectivity index (χ4v) is 2.80. The summed E-state index contributed by atoms with van der Waals surface area (Å²) in [5, 5.41) is 3.85. The average molecular weight is 367 g/mol. The van der Waals surface area contributed by atoms with Gasteiger partial charge in [-0.25, -0.2) is 0 Å². The van der Waals surface area contributed by atoms with Gasteiger partial charge in [-0.1, -0.05) is 48.0 Å². The lowest BCUT2D eigenvalue weighted by Crippen LogP contribution is -2.55. The van der Waals surface area contributed by atoms with Crippen LogP contribution in [0.5, 0.6) is 0 Å². The van der Waals surface area contributed by atoms with Gasteiger partial charge in [0.1, 0.15) is 0 Å². The normalized spacial score (nSPS) is 17.5. The highest BCUT2D eigenvalue weighted by Crippen LogP contribution is 2.21. The zero-order chi connectivity index (χ0) is 16.1. The van der Waals surface area contributed by atoms with Gasteiger partial charge in [0.05, 0.1) is 19.8 Å². The van der Waals surface area contributed by atoms with Gasteiger partial charge in [-0.05, 0) is 23.8 Å². The molecule has 1 N–H and O–H groups in total. The van der Waals surface area contributed by atoms with E-state index in [9.17, 15) is 4.79 Å². The summed E-state index contributed by atoms with van der Waals surface area (Å²) >= 11 is 6.02. The van der Waals surface area contributed by atoms with Gasteiger partial charge in [0.2, 0.25) is 5.91 Å². The van der Waals surface area contributed by atoms with E-state index in [0.717, 1.165) is 11.3 Å². The number of anilines is 1. The van der Waals surface area contributed by atoms with E-state index in [-0.39, 0.29) is 24.4 Å². The molecule has 0 aromatic heterocycles. The molecule has 1 fully saturated rings. The average Bonchev–Trinajstić information content (AvgIpc) is 2.57. The predicted octanol–water partition coefficient (Wildman–Crippen LogP) is 3.28. The minimum Gasteiger partial charge on any atom is -0.375 e. The molecule has 0 radical (unpaired) electrons. The third-order valence-corrected chi connectivity index (χ3v) is 4.03. The number of halogens is 2. The largest absolute Gasteiger partial charge is 0.375 e. The van der Waals surface area contributed by atoms with E-state index in [2.05, 4.69) is 5.32 Å².